The van der Waals surface area contributed by atoms with Crippen LogP contribution >= 0.6 is 0 Å². The monoisotopic (exact) mass is 304 g/mol. The highest BCUT2D eigenvalue weighted by Crippen LogP contribution is 2.31. The summed E-state index contributed by atoms with van der Waals surface area (Å²) in [5.74, 6) is -0.571. The Balaban J connectivity index is 2.81. The fourth-order valence-corrected chi connectivity index (χ4v) is 1.68. The third-order valence-electron chi connectivity index (χ3n) is 2.70. The lowest BCUT2D eigenvalue weighted by Gasteiger charge is -2.14. The van der Waals surface area contributed by atoms with Crippen LogP contribution < -0.4 is 10.6 Å². The van der Waals surface area contributed by atoms with Gasteiger partial charge in [0.15, 0.2) is 0 Å². The number of nitrogens with one attached hydrogen (secondary N) is 2. The summed E-state index contributed by atoms with van der Waals surface area (Å²) < 4.78 is 43.3. The van der Waals surface area contributed by atoms with Crippen LogP contribution in [-0.2, 0) is 10.9 Å². The fourth-order valence-electron chi connectivity index (χ4n) is 1.68. The number of alkyl halides is 3. The van der Waals surface area contributed by atoms with Crippen molar-refractivity contribution in [3.63, 3.8) is 0 Å². The van der Waals surface area contributed by atoms with Crippen molar-refractivity contribution in [2.24, 2.45) is 0 Å². The van der Waals surface area contributed by atoms with Crippen LogP contribution in [0.1, 0.15) is 29.8 Å². The van der Waals surface area contributed by atoms with E-state index in [1.807, 2.05) is 13.8 Å². The average molecular weight is 304 g/mol. The highest BCUT2D eigenvalue weighted by molar-refractivity contribution is 5.99. The predicted octanol–water partition coefficient (Wildman–Crippen LogP) is 2.90. The van der Waals surface area contributed by atoms with E-state index in [9.17, 15) is 18.0 Å². The topological polar surface area (TPSA) is 50.4 Å². The van der Waals surface area contributed by atoms with Crippen molar-refractivity contribution in [2.45, 2.75) is 26.1 Å². The van der Waals surface area contributed by atoms with Gasteiger partial charge in [-0.15, -0.1) is 0 Å². The lowest BCUT2D eigenvalue weighted by atomic mass is 10.1. The smallest absolute Gasteiger partial charge is 0.387 e. The molecule has 2 N–H and O–H groups in total. The Morgan fingerprint density at radius 3 is 2.52 bits per heavy atom. The van der Waals surface area contributed by atoms with Crippen LogP contribution in [0.2, 0.25) is 0 Å². The van der Waals surface area contributed by atoms with E-state index in [2.05, 4.69) is 10.6 Å². The van der Waals surface area contributed by atoms with Crippen molar-refractivity contribution in [3.8, 4) is 0 Å². The molecular weight excluding hydrogens is 285 g/mol. The van der Waals surface area contributed by atoms with Gasteiger partial charge in [-0.3, -0.25) is 4.79 Å². The number of carbonyl (C=O) groups is 1. The third-order valence-corrected chi connectivity index (χ3v) is 2.70. The molecule has 21 heavy (non-hydrogen) atoms. The highest BCUT2D eigenvalue weighted by atomic mass is 19.4. The minimum atomic E-state index is -4.48. The first-order valence-electron chi connectivity index (χ1n) is 6.54. The van der Waals surface area contributed by atoms with E-state index in [0.717, 1.165) is 12.1 Å². The van der Waals surface area contributed by atoms with Gasteiger partial charge in [0.05, 0.1) is 23.8 Å². The van der Waals surface area contributed by atoms with Gasteiger partial charge < -0.3 is 15.4 Å². The lowest BCUT2D eigenvalue weighted by Crippen LogP contribution is -2.29. The number of benzene rings is 1. The van der Waals surface area contributed by atoms with Gasteiger partial charge in [-0.25, -0.2) is 0 Å². The SMILES string of the molecule is CNc1ccc(C(F)(F)F)cc1C(=O)NCCOC(C)C. The summed E-state index contributed by atoms with van der Waals surface area (Å²) in [6.45, 7) is 4.25. The number of hydrogen-bond donors (Lipinski definition) is 2. The molecule has 0 atom stereocenters. The van der Waals surface area contributed by atoms with Crippen LogP contribution in [-0.4, -0.2) is 32.2 Å². The van der Waals surface area contributed by atoms with Gasteiger partial charge in [-0.05, 0) is 32.0 Å². The van der Waals surface area contributed by atoms with Gasteiger partial charge in [0.25, 0.3) is 5.91 Å². The van der Waals surface area contributed by atoms with Crippen molar-refractivity contribution in [3.05, 3.63) is 29.3 Å². The number of hydrogen-bond acceptors (Lipinski definition) is 3. The predicted molar refractivity (Wildman–Crippen MR) is 74.4 cm³/mol. The van der Waals surface area contributed by atoms with E-state index in [1.165, 1.54) is 6.07 Å². The quantitative estimate of drug-likeness (QED) is 0.795. The van der Waals surface area contributed by atoms with Gasteiger partial charge >= 0.3 is 6.18 Å². The molecule has 0 aliphatic heterocycles. The van der Waals surface area contributed by atoms with Gasteiger partial charge in [-0.2, -0.15) is 13.2 Å². The normalized spacial score (nSPS) is 11.6. The summed E-state index contributed by atoms with van der Waals surface area (Å²) in [5, 5.41) is 5.24. The second-order valence-electron chi connectivity index (χ2n) is 4.68. The molecule has 0 aromatic heterocycles. The molecule has 0 radical (unpaired) electrons. The zero-order valence-corrected chi connectivity index (χ0v) is 12.2. The molecule has 0 spiro atoms. The standard InChI is InChI=1S/C14H19F3N2O2/c1-9(2)21-7-6-19-13(20)11-8-10(14(15,16)17)4-5-12(11)18-3/h4-5,8-9,18H,6-7H2,1-3H3,(H,19,20). The molecule has 4 nitrogen and oxygen atoms in total. The molecule has 0 aliphatic carbocycles. The molecule has 0 saturated carbocycles. The van der Waals surface area contributed by atoms with Gasteiger partial charge in [0, 0.05) is 19.3 Å². The molecular formula is C14H19F3N2O2. The van der Waals surface area contributed by atoms with Crippen molar-refractivity contribution in [2.75, 3.05) is 25.5 Å². The first-order valence-corrected chi connectivity index (χ1v) is 6.54. The van der Waals surface area contributed by atoms with Crippen LogP contribution in [0.5, 0.6) is 0 Å². The van der Waals surface area contributed by atoms with Crippen LogP contribution in [0, 0.1) is 0 Å². The summed E-state index contributed by atoms with van der Waals surface area (Å²) >= 11 is 0. The number of halogens is 3. The lowest BCUT2D eigenvalue weighted by molar-refractivity contribution is -0.137. The Morgan fingerprint density at radius 2 is 2.00 bits per heavy atom. The van der Waals surface area contributed by atoms with E-state index in [-0.39, 0.29) is 18.2 Å². The van der Waals surface area contributed by atoms with E-state index in [4.69, 9.17) is 4.74 Å². The van der Waals surface area contributed by atoms with Gasteiger partial charge in [0.2, 0.25) is 0 Å². The second kappa shape index (κ2) is 7.31. The van der Waals surface area contributed by atoms with E-state index in [1.54, 1.807) is 7.05 Å². The summed E-state index contributed by atoms with van der Waals surface area (Å²) in [4.78, 5) is 12.0. The van der Waals surface area contributed by atoms with E-state index in [0.29, 0.717) is 12.3 Å². The minimum Gasteiger partial charge on any atom is -0.387 e. The maximum Gasteiger partial charge on any atom is 0.416 e. The largest absolute Gasteiger partial charge is 0.416 e. The molecule has 0 aliphatic rings. The number of amides is 1. The van der Waals surface area contributed by atoms with Gasteiger partial charge in [-0.1, -0.05) is 0 Å². The summed E-state index contributed by atoms with van der Waals surface area (Å²) in [6, 6.07) is 3.01. The zero-order chi connectivity index (χ0) is 16.0. The molecule has 1 rings (SSSR count). The van der Waals surface area contributed by atoms with E-state index < -0.39 is 17.6 Å². The first-order chi connectivity index (χ1) is 9.75. The Bertz CT molecular complexity index is 488. The molecule has 0 heterocycles. The molecule has 0 bridgehead atoms. The zero-order valence-electron chi connectivity index (χ0n) is 12.2. The Kier molecular flexibility index (Phi) is 6.02. The molecule has 1 amide bonds. The summed E-state index contributed by atoms with van der Waals surface area (Å²) in [7, 11) is 1.54. The van der Waals surface area contributed by atoms with E-state index >= 15 is 0 Å². The molecule has 0 fully saturated rings. The average Bonchev–Trinajstić information content (AvgIpc) is 2.41. The minimum absolute atomic E-state index is 0.0309. The third kappa shape index (κ3) is 5.26. The number of anilines is 1. The van der Waals surface area contributed by atoms with Crippen LogP contribution in [0.15, 0.2) is 18.2 Å². The molecule has 118 valence electrons. The molecule has 7 heteroatoms. The Morgan fingerprint density at radius 1 is 1.33 bits per heavy atom. The summed E-state index contributed by atoms with van der Waals surface area (Å²) in [5.41, 5.74) is -0.563. The van der Waals surface area contributed by atoms with Crippen LogP contribution in [0.4, 0.5) is 18.9 Å². The van der Waals surface area contributed by atoms with Gasteiger partial charge in [0.1, 0.15) is 0 Å². The Hall–Kier alpha value is -1.76. The Labute approximate surface area is 121 Å². The van der Waals surface area contributed by atoms with Crippen molar-refractivity contribution < 1.29 is 22.7 Å². The maximum atomic E-state index is 12.7. The maximum absolute atomic E-state index is 12.7. The number of rotatable bonds is 6. The number of carbonyl (C=O) groups excluding carboxylic acids is 1. The van der Waals surface area contributed by atoms with Crippen molar-refractivity contribution in [1.82, 2.24) is 5.32 Å². The fraction of sp³-hybridized carbons (Fsp3) is 0.500. The molecule has 1 aromatic carbocycles. The first kappa shape index (κ1) is 17.3. The second-order valence-corrected chi connectivity index (χ2v) is 4.68. The van der Waals surface area contributed by atoms with Crippen molar-refractivity contribution >= 4 is 11.6 Å². The molecule has 1 aromatic rings. The van der Waals surface area contributed by atoms with Crippen LogP contribution in [0.25, 0.3) is 0 Å². The molecule has 0 saturated heterocycles. The summed E-state index contributed by atoms with van der Waals surface area (Å²) in [6.07, 6.45) is -4.45. The highest BCUT2D eigenvalue weighted by Gasteiger charge is 2.31. The van der Waals surface area contributed by atoms with Crippen LogP contribution in [0.3, 0.4) is 0 Å². The molecule has 0 unspecified atom stereocenters. The van der Waals surface area contributed by atoms with Crippen molar-refractivity contribution in [1.29, 1.82) is 0 Å². The number of ether oxygens (including phenoxy) is 1.